The molecule has 0 fully saturated rings. The Kier molecular flexibility index (Phi) is 5.23. The number of rotatable bonds is 5. The van der Waals surface area contributed by atoms with Crippen molar-refractivity contribution < 1.29 is 19.8 Å². The van der Waals surface area contributed by atoms with Crippen LogP contribution in [0.1, 0.15) is 10.4 Å². The number of phenolic OH excluding ortho intramolecular Hbond substituents is 1. The number of carbonyl (C=O) groups is 2. The second-order valence-corrected chi connectivity index (χ2v) is 5.83. The number of carbonyl (C=O) groups excluding carboxylic acids is 1. The minimum absolute atomic E-state index is 0.0222. The molecule has 7 heteroatoms. The van der Waals surface area contributed by atoms with Crippen LogP contribution in [0.15, 0.2) is 72.4 Å². The van der Waals surface area contributed by atoms with Gasteiger partial charge in [-0.3, -0.25) is 4.79 Å². The number of phenols is 1. The molecule has 0 aromatic heterocycles. The Morgan fingerprint density at radius 1 is 1.00 bits per heavy atom. The topological polar surface area (TPSA) is 122 Å². The summed E-state index contributed by atoms with van der Waals surface area (Å²) in [6, 6.07) is 17.8. The Hall–Kier alpha value is -4.31. The summed E-state index contributed by atoms with van der Waals surface area (Å²) < 4.78 is 0. The minimum atomic E-state index is -1.12. The maximum absolute atomic E-state index is 12.3. The maximum Gasteiger partial charge on any atom is 0.335 e. The number of amides is 1. The van der Waals surface area contributed by atoms with Gasteiger partial charge in [0.2, 0.25) is 0 Å². The summed E-state index contributed by atoms with van der Waals surface area (Å²) in [5, 5.41) is 35.0. The molecule has 138 valence electrons. The van der Waals surface area contributed by atoms with Crippen LogP contribution < -0.4 is 10.6 Å². The molecule has 1 amide bonds. The van der Waals surface area contributed by atoms with Crippen LogP contribution >= 0.6 is 0 Å². The molecule has 0 spiro atoms. The van der Waals surface area contributed by atoms with E-state index in [1.165, 1.54) is 30.5 Å². The zero-order chi connectivity index (χ0) is 20.1. The first-order chi connectivity index (χ1) is 13.5. The fourth-order valence-corrected chi connectivity index (χ4v) is 2.65. The first-order valence-electron chi connectivity index (χ1n) is 8.22. The largest absolute Gasteiger partial charge is 0.507 e. The van der Waals surface area contributed by atoms with E-state index in [2.05, 4.69) is 10.6 Å². The fraction of sp³-hybridized carbons (Fsp3) is 0. The number of fused-ring (bicyclic) bond motifs is 1. The van der Waals surface area contributed by atoms with Gasteiger partial charge in [-0.15, -0.1) is 0 Å². The number of nitrogens with one attached hydrogen (secondary N) is 2. The van der Waals surface area contributed by atoms with E-state index in [9.17, 15) is 20.0 Å². The molecule has 0 unspecified atom stereocenters. The van der Waals surface area contributed by atoms with Gasteiger partial charge in [-0.05, 0) is 30.3 Å². The number of nitrogens with zero attached hydrogens (tertiary/aromatic N) is 1. The van der Waals surface area contributed by atoms with Crippen LogP contribution in [0.25, 0.3) is 10.8 Å². The summed E-state index contributed by atoms with van der Waals surface area (Å²) in [6.45, 7) is 0. The lowest BCUT2D eigenvalue weighted by molar-refractivity contribution is -0.112. The van der Waals surface area contributed by atoms with Crippen LogP contribution in [0.2, 0.25) is 0 Å². The molecule has 0 aliphatic carbocycles. The van der Waals surface area contributed by atoms with Gasteiger partial charge in [0.25, 0.3) is 5.91 Å². The van der Waals surface area contributed by atoms with Crippen LogP contribution in [-0.2, 0) is 4.79 Å². The molecule has 3 rings (SSSR count). The molecule has 3 aromatic carbocycles. The van der Waals surface area contributed by atoms with Gasteiger partial charge in [0.1, 0.15) is 17.4 Å². The summed E-state index contributed by atoms with van der Waals surface area (Å²) >= 11 is 0. The second-order valence-electron chi connectivity index (χ2n) is 5.83. The van der Waals surface area contributed by atoms with E-state index in [0.29, 0.717) is 11.1 Å². The Balaban J connectivity index is 1.82. The van der Waals surface area contributed by atoms with E-state index < -0.39 is 11.9 Å². The molecule has 7 nitrogen and oxygen atoms in total. The van der Waals surface area contributed by atoms with Crippen molar-refractivity contribution in [1.82, 2.24) is 0 Å². The zero-order valence-electron chi connectivity index (χ0n) is 14.5. The lowest BCUT2D eigenvalue weighted by atomic mass is 10.1. The number of hydrogen-bond donors (Lipinski definition) is 4. The van der Waals surface area contributed by atoms with Gasteiger partial charge < -0.3 is 20.8 Å². The second kappa shape index (κ2) is 7.93. The molecule has 0 aliphatic rings. The summed E-state index contributed by atoms with van der Waals surface area (Å²) in [4.78, 5) is 23.3. The van der Waals surface area contributed by atoms with Crippen molar-refractivity contribution in [3.63, 3.8) is 0 Å². The summed E-state index contributed by atoms with van der Waals surface area (Å²) in [5.74, 6) is -1.67. The average molecular weight is 373 g/mol. The molecule has 0 bridgehead atoms. The lowest BCUT2D eigenvalue weighted by Gasteiger charge is -2.09. The van der Waals surface area contributed by atoms with Gasteiger partial charge >= 0.3 is 5.97 Å². The highest BCUT2D eigenvalue weighted by atomic mass is 16.4. The normalized spacial score (nSPS) is 10.9. The van der Waals surface area contributed by atoms with Gasteiger partial charge in [-0.25, -0.2) is 4.79 Å². The molecule has 0 radical (unpaired) electrons. The molecular weight excluding hydrogens is 358 g/mol. The number of benzene rings is 3. The smallest absolute Gasteiger partial charge is 0.335 e. The van der Waals surface area contributed by atoms with Crippen molar-refractivity contribution >= 4 is 34.0 Å². The van der Waals surface area contributed by atoms with Gasteiger partial charge in [-0.2, -0.15) is 5.26 Å². The monoisotopic (exact) mass is 373 g/mol. The van der Waals surface area contributed by atoms with Gasteiger partial charge in [0.05, 0.1) is 5.56 Å². The average Bonchev–Trinajstić information content (AvgIpc) is 2.69. The predicted molar refractivity (Wildman–Crippen MR) is 105 cm³/mol. The standard InChI is InChI=1S/C21H15N3O4/c22-11-14(20(26)24-15-5-1-4-13(10-15)21(27)28)12-23-18-8-2-7-17-16(18)6-3-9-19(17)25/h1-10,12,23,25H,(H,24,26)(H,27,28)/b14-12-. The van der Waals surface area contributed by atoms with E-state index in [-0.39, 0.29) is 22.6 Å². The number of hydrogen-bond acceptors (Lipinski definition) is 5. The number of aromatic hydroxyl groups is 1. The molecule has 0 saturated carbocycles. The quantitative estimate of drug-likeness (QED) is 0.399. The van der Waals surface area contributed by atoms with Crippen molar-refractivity contribution in [2.24, 2.45) is 0 Å². The fourth-order valence-electron chi connectivity index (χ4n) is 2.65. The van der Waals surface area contributed by atoms with E-state index in [4.69, 9.17) is 5.11 Å². The van der Waals surface area contributed by atoms with Crippen LogP contribution in [0, 0.1) is 11.3 Å². The molecule has 0 heterocycles. The SMILES string of the molecule is N#C/C(=C/Nc1cccc2c(O)cccc12)C(=O)Nc1cccc(C(=O)O)c1. The third kappa shape index (κ3) is 3.92. The van der Waals surface area contributed by atoms with Gasteiger partial charge in [0.15, 0.2) is 0 Å². The molecular formula is C21H15N3O4. The van der Waals surface area contributed by atoms with Crippen molar-refractivity contribution in [3.8, 4) is 11.8 Å². The minimum Gasteiger partial charge on any atom is -0.507 e. The summed E-state index contributed by atoms with van der Waals surface area (Å²) in [7, 11) is 0. The first-order valence-corrected chi connectivity index (χ1v) is 8.22. The predicted octanol–water partition coefficient (Wildman–Crippen LogP) is 3.70. The van der Waals surface area contributed by atoms with Crippen molar-refractivity contribution in [1.29, 1.82) is 5.26 Å². The summed E-state index contributed by atoms with van der Waals surface area (Å²) in [6.07, 6.45) is 1.26. The van der Waals surface area contributed by atoms with Crippen LogP contribution in [-0.4, -0.2) is 22.1 Å². The van der Waals surface area contributed by atoms with E-state index in [1.807, 2.05) is 6.07 Å². The van der Waals surface area contributed by atoms with Crippen molar-refractivity contribution in [3.05, 3.63) is 78.0 Å². The summed E-state index contributed by atoms with van der Waals surface area (Å²) in [5.41, 5.74) is 0.704. The van der Waals surface area contributed by atoms with Gasteiger partial charge in [-0.1, -0.05) is 30.3 Å². The molecule has 4 N–H and O–H groups in total. The van der Waals surface area contributed by atoms with Crippen molar-refractivity contribution in [2.45, 2.75) is 0 Å². The van der Waals surface area contributed by atoms with Crippen molar-refractivity contribution in [2.75, 3.05) is 10.6 Å². The highest BCUT2D eigenvalue weighted by Crippen LogP contribution is 2.29. The number of nitriles is 1. The highest BCUT2D eigenvalue weighted by molar-refractivity contribution is 6.07. The Labute approximate surface area is 160 Å². The number of anilines is 2. The molecule has 3 aromatic rings. The number of carboxylic acid groups (broad SMARTS) is 1. The highest BCUT2D eigenvalue weighted by Gasteiger charge is 2.11. The number of carboxylic acids is 1. The number of aromatic carboxylic acids is 1. The van der Waals surface area contributed by atoms with Crippen LogP contribution in [0.4, 0.5) is 11.4 Å². The van der Waals surface area contributed by atoms with E-state index in [1.54, 1.807) is 36.4 Å². The van der Waals surface area contributed by atoms with Gasteiger partial charge in [0, 0.05) is 28.3 Å². The zero-order valence-corrected chi connectivity index (χ0v) is 14.5. The third-order valence-corrected chi connectivity index (χ3v) is 4.00. The molecule has 0 saturated heterocycles. The van der Waals surface area contributed by atoms with E-state index >= 15 is 0 Å². The molecule has 0 aliphatic heterocycles. The first kappa shape index (κ1) is 18.5. The Morgan fingerprint density at radius 2 is 1.71 bits per heavy atom. The Bertz CT molecular complexity index is 1150. The molecule has 28 heavy (non-hydrogen) atoms. The van der Waals surface area contributed by atoms with E-state index in [0.717, 1.165) is 5.39 Å². The lowest BCUT2D eigenvalue weighted by Crippen LogP contribution is -2.15. The van der Waals surface area contributed by atoms with Crippen LogP contribution in [0.5, 0.6) is 5.75 Å². The third-order valence-electron chi connectivity index (χ3n) is 4.00. The Morgan fingerprint density at radius 3 is 2.46 bits per heavy atom. The van der Waals surface area contributed by atoms with Crippen LogP contribution in [0.3, 0.4) is 0 Å². The maximum atomic E-state index is 12.3. The molecule has 0 atom stereocenters.